The summed E-state index contributed by atoms with van der Waals surface area (Å²) in [6, 6.07) is 17.1. The van der Waals surface area contributed by atoms with Gasteiger partial charge in [-0.1, -0.05) is 54.6 Å². The molecule has 0 spiro atoms. The highest BCUT2D eigenvalue weighted by atomic mass is 16.7. The number of benzene rings is 2. The summed E-state index contributed by atoms with van der Waals surface area (Å²) >= 11 is 0. The molecular formula is C25H31NO6. The van der Waals surface area contributed by atoms with Gasteiger partial charge in [0.15, 0.2) is 0 Å². The van der Waals surface area contributed by atoms with Gasteiger partial charge in [0.05, 0.1) is 13.2 Å². The maximum atomic E-state index is 12.5. The summed E-state index contributed by atoms with van der Waals surface area (Å²) in [5.74, 6) is -2.10. The minimum Gasteiger partial charge on any atom is -0.479 e. The molecule has 172 valence electrons. The Balaban J connectivity index is 1.86. The third-order valence-electron chi connectivity index (χ3n) is 5.60. The fourth-order valence-electron chi connectivity index (χ4n) is 3.68. The predicted molar refractivity (Wildman–Crippen MR) is 119 cm³/mol. The molecule has 0 aliphatic carbocycles. The first kappa shape index (κ1) is 23.8. The number of aliphatic carboxylic acids is 1. The highest BCUT2D eigenvalue weighted by molar-refractivity contribution is 5.84. The van der Waals surface area contributed by atoms with E-state index in [2.05, 4.69) is 0 Å². The van der Waals surface area contributed by atoms with E-state index in [0.29, 0.717) is 13.2 Å². The largest absolute Gasteiger partial charge is 0.479 e. The number of ether oxygens (including phenoxy) is 3. The minimum atomic E-state index is -1.48. The van der Waals surface area contributed by atoms with Gasteiger partial charge in [0.25, 0.3) is 0 Å². The van der Waals surface area contributed by atoms with Crippen molar-refractivity contribution in [2.45, 2.75) is 51.0 Å². The third-order valence-corrected chi connectivity index (χ3v) is 5.60. The summed E-state index contributed by atoms with van der Waals surface area (Å²) in [5, 5.41) is 9.94. The number of hydrogen-bond donors (Lipinski definition) is 1. The maximum Gasteiger partial charge on any atom is 0.410 e. The van der Waals surface area contributed by atoms with Crippen LogP contribution in [0.5, 0.6) is 0 Å². The van der Waals surface area contributed by atoms with Crippen LogP contribution in [-0.2, 0) is 31.2 Å². The lowest BCUT2D eigenvalue weighted by Gasteiger charge is -2.36. The molecule has 3 rings (SSSR count). The number of amides is 1. The molecule has 7 heteroatoms. The Morgan fingerprint density at radius 2 is 1.50 bits per heavy atom. The van der Waals surface area contributed by atoms with Crippen molar-refractivity contribution in [2.24, 2.45) is 0 Å². The van der Waals surface area contributed by atoms with Gasteiger partial charge >= 0.3 is 12.1 Å². The Morgan fingerprint density at radius 3 is 2.00 bits per heavy atom. The van der Waals surface area contributed by atoms with Crippen LogP contribution in [0.1, 0.15) is 44.4 Å². The monoisotopic (exact) mass is 441 g/mol. The molecule has 2 aromatic rings. The lowest BCUT2D eigenvalue weighted by Crippen LogP contribution is -2.55. The van der Waals surface area contributed by atoms with Gasteiger partial charge in [-0.05, 0) is 33.3 Å². The summed E-state index contributed by atoms with van der Waals surface area (Å²) in [5.41, 5.74) is 0.267. The van der Waals surface area contributed by atoms with Crippen molar-refractivity contribution in [1.82, 2.24) is 4.90 Å². The van der Waals surface area contributed by atoms with Crippen molar-refractivity contribution in [1.29, 1.82) is 0 Å². The van der Waals surface area contributed by atoms with Gasteiger partial charge in [-0.3, -0.25) is 4.90 Å². The van der Waals surface area contributed by atoms with E-state index >= 15 is 0 Å². The van der Waals surface area contributed by atoms with Gasteiger partial charge < -0.3 is 19.3 Å². The van der Waals surface area contributed by atoms with Crippen molar-refractivity contribution in [3.8, 4) is 0 Å². The fraction of sp³-hybridized carbons (Fsp3) is 0.440. The van der Waals surface area contributed by atoms with E-state index in [9.17, 15) is 14.7 Å². The minimum absolute atomic E-state index is 0.110. The molecule has 1 atom stereocenters. The lowest BCUT2D eigenvalue weighted by molar-refractivity contribution is -0.149. The van der Waals surface area contributed by atoms with Crippen LogP contribution >= 0.6 is 0 Å². The van der Waals surface area contributed by atoms with Crippen LogP contribution in [0.25, 0.3) is 0 Å². The van der Waals surface area contributed by atoms with Crippen molar-refractivity contribution in [3.63, 3.8) is 0 Å². The van der Waals surface area contributed by atoms with Crippen LogP contribution in [-0.4, -0.2) is 53.5 Å². The first-order valence-corrected chi connectivity index (χ1v) is 10.6. The molecule has 1 amide bonds. The summed E-state index contributed by atoms with van der Waals surface area (Å²) in [4.78, 5) is 25.8. The quantitative estimate of drug-likeness (QED) is 0.724. The standard InChI is InChI=1S/C25H31NO6/c1-23(2,3)32-22(29)26(5)24(4,21(27)28)17-18-11-13-20(14-12-18)25(30-15-16-31-25)19-9-7-6-8-10-19/h6-14H,15-17H2,1-5H3,(H,27,28)/t24-/m0/s1. The number of hydrogen-bond acceptors (Lipinski definition) is 5. The van der Waals surface area contributed by atoms with Crippen molar-refractivity contribution < 1.29 is 28.9 Å². The molecule has 1 heterocycles. The molecule has 0 unspecified atom stereocenters. The second kappa shape index (κ2) is 8.92. The normalized spacial score (nSPS) is 17.4. The molecule has 1 aliphatic heterocycles. The zero-order valence-electron chi connectivity index (χ0n) is 19.3. The van der Waals surface area contributed by atoms with Crippen molar-refractivity contribution >= 4 is 12.1 Å². The van der Waals surface area contributed by atoms with Gasteiger partial charge in [0.1, 0.15) is 11.1 Å². The molecule has 1 N–H and O–H groups in total. The summed E-state index contributed by atoms with van der Waals surface area (Å²) in [6.45, 7) is 7.70. The first-order valence-electron chi connectivity index (χ1n) is 10.6. The number of carboxylic acids is 1. The molecule has 1 fully saturated rings. The molecule has 2 aromatic carbocycles. The van der Waals surface area contributed by atoms with E-state index in [-0.39, 0.29) is 6.42 Å². The molecule has 1 saturated heterocycles. The Bertz CT molecular complexity index is 945. The number of carboxylic acid groups (broad SMARTS) is 1. The van der Waals surface area contributed by atoms with Crippen LogP contribution in [0.3, 0.4) is 0 Å². The van der Waals surface area contributed by atoms with Crippen LogP contribution in [0.4, 0.5) is 4.79 Å². The van der Waals surface area contributed by atoms with E-state index in [0.717, 1.165) is 21.6 Å². The van der Waals surface area contributed by atoms with Gasteiger partial charge in [0.2, 0.25) is 5.79 Å². The van der Waals surface area contributed by atoms with Crippen molar-refractivity contribution in [3.05, 3.63) is 71.3 Å². The highest BCUT2D eigenvalue weighted by Crippen LogP contribution is 2.38. The molecular weight excluding hydrogens is 410 g/mol. The van der Waals surface area contributed by atoms with E-state index in [4.69, 9.17) is 14.2 Å². The smallest absolute Gasteiger partial charge is 0.410 e. The second-order valence-electron chi connectivity index (χ2n) is 9.17. The van der Waals surface area contributed by atoms with E-state index in [1.807, 2.05) is 54.6 Å². The maximum absolute atomic E-state index is 12.5. The van der Waals surface area contributed by atoms with Crippen LogP contribution in [0.2, 0.25) is 0 Å². The molecule has 0 aromatic heterocycles. The van der Waals surface area contributed by atoms with Crippen LogP contribution in [0.15, 0.2) is 54.6 Å². The molecule has 7 nitrogen and oxygen atoms in total. The van der Waals surface area contributed by atoms with Gasteiger partial charge in [-0.15, -0.1) is 0 Å². The molecule has 32 heavy (non-hydrogen) atoms. The Kier molecular flexibility index (Phi) is 6.62. The number of nitrogens with zero attached hydrogens (tertiary/aromatic N) is 1. The van der Waals surface area contributed by atoms with E-state index in [1.165, 1.54) is 14.0 Å². The Morgan fingerprint density at radius 1 is 0.969 bits per heavy atom. The third kappa shape index (κ3) is 4.79. The summed E-state index contributed by atoms with van der Waals surface area (Å²) < 4.78 is 17.4. The lowest BCUT2D eigenvalue weighted by atomic mass is 9.89. The Hall–Kier alpha value is -2.90. The zero-order chi connectivity index (χ0) is 23.6. The summed E-state index contributed by atoms with van der Waals surface area (Å²) in [7, 11) is 1.45. The van der Waals surface area contributed by atoms with E-state index < -0.39 is 29.0 Å². The summed E-state index contributed by atoms with van der Waals surface area (Å²) in [6.07, 6.45) is -0.576. The number of likely N-dealkylation sites (N-methyl/N-ethyl adjacent to an activating group) is 1. The van der Waals surface area contributed by atoms with Crippen LogP contribution < -0.4 is 0 Å². The fourth-order valence-corrected chi connectivity index (χ4v) is 3.68. The number of rotatable bonds is 6. The molecule has 0 bridgehead atoms. The van der Waals surface area contributed by atoms with Crippen LogP contribution in [0, 0.1) is 0 Å². The average Bonchev–Trinajstić information content (AvgIpc) is 3.24. The number of carbonyl (C=O) groups excluding carboxylic acids is 1. The molecule has 0 radical (unpaired) electrons. The van der Waals surface area contributed by atoms with E-state index in [1.54, 1.807) is 20.8 Å². The van der Waals surface area contributed by atoms with Gasteiger partial charge in [-0.2, -0.15) is 0 Å². The zero-order valence-corrected chi connectivity index (χ0v) is 19.3. The predicted octanol–water partition coefficient (Wildman–Crippen LogP) is 4.19. The number of carbonyl (C=O) groups is 2. The van der Waals surface area contributed by atoms with Gasteiger partial charge in [0, 0.05) is 24.6 Å². The second-order valence-corrected chi connectivity index (χ2v) is 9.17. The van der Waals surface area contributed by atoms with Crippen molar-refractivity contribution in [2.75, 3.05) is 20.3 Å². The van der Waals surface area contributed by atoms with Gasteiger partial charge in [-0.25, -0.2) is 9.59 Å². The average molecular weight is 442 g/mol. The Labute approximate surface area is 188 Å². The SMILES string of the molecule is CN(C(=O)OC(C)(C)C)[C@@](C)(Cc1ccc(C2(c3ccccc3)OCCO2)cc1)C(=O)O. The highest BCUT2D eigenvalue weighted by Gasteiger charge is 2.43. The molecule has 0 saturated carbocycles. The topological polar surface area (TPSA) is 85.3 Å². The first-order chi connectivity index (χ1) is 15.0. The molecule has 1 aliphatic rings.